The minimum atomic E-state index is 0.0543. The Morgan fingerprint density at radius 3 is 1.47 bits per heavy atom. The number of fused-ring (bicyclic) bond motifs is 3. The molecule has 5 aromatic carbocycles. The van der Waals surface area contributed by atoms with E-state index in [0.717, 1.165) is 0 Å². The van der Waals surface area contributed by atoms with E-state index in [0.29, 0.717) is 0 Å². The molecule has 5 aromatic rings. The third-order valence-corrected chi connectivity index (χ3v) is 7.32. The molecule has 0 N–H and O–H groups in total. The molecule has 2 aliphatic rings. The third-order valence-electron chi connectivity index (χ3n) is 7.32. The highest BCUT2D eigenvalue weighted by Crippen LogP contribution is 2.44. The highest BCUT2D eigenvalue weighted by molar-refractivity contribution is 7.00. The monoisotopic (exact) mass is 458 g/mol. The van der Waals surface area contributed by atoms with Crippen molar-refractivity contribution in [1.82, 2.24) is 4.92 Å². The molecule has 0 radical (unpaired) electrons. The summed E-state index contributed by atoms with van der Waals surface area (Å²) in [6.45, 7) is 0.142. The number of rotatable bonds is 4. The lowest BCUT2D eigenvalue weighted by atomic mass is 9.47. The maximum atomic E-state index is 2.55. The molecule has 4 heteroatoms. The van der Waals surface area contributed by atoms with E-state index in [1.807, 2.05) is 0 Å². The van der Waals surface area contributed by atoms with Crippen LogP contribution in [0.3, 0.4) is 0 Å². The average Bonchev–Trinajstić information content (AvgIpc) is 3.48. The molecule has 168 valence electrons. The predicted octanol–water partition coefficient (Wildman–Crippen LogP) is 4.85. The number of benzene rings is 5. The van der Waals surface area contributed by atoms with Crippen molar-refractivity contribution in [3.05, 3.63) is 157 Å². The summed E-state index contributed by atoms with van der Waals surface area (Å²) in [6, 6.07) is 52.5. The van der Waals surface area contributed by atoms with Gasteiger partial charge in [-0.15, -0.1) is 0 Å². The van der Waals surface area contributed by atoms with Gasteiger partial charge in [-0.3, -0.25) is 0 Å². The third kappa shape index (κ3) is 3.22. The Labute approximate surface area is 213 Å². The van der Waals surface area contributed by atoms with E-state index in [1.165, 1.54) is 44.4 Å². The van der Waals surface area contributed by atoms with Gasteiger partial charge in [0, 0.05) is 11.4 Å². The Morgan fingerprint density at radius 1 is 0.389 bits per heavy atom. The minimum Gasteiger partial charge on any atom is -0.329 e. The lowest BCUT2D eigenvalue weighted by Crippen LogP contribution is -2.56. The number of anilines is 1. The summed E-state index contributed by atoms with van der Waals surface area (Å²) in [5.74, 6) is 0. The molecule has 0 amide bonds. The highest BCUT2D eigenvalue weighted by Gasteiger charge is 2.53. The van der Waals surface area contributed by atoms with Crippen LogP contribution in [0.1, 0.15) is 11.1 Å². The zero-order chi connectivity index (χ0) is 23.9. The van der Waals surface area contributed by atoms with E-state index in [9.17, 15) is 0 Å². The molecule has 0 atom stereocenters. The molecule has 0 saturated heterocycles. The van der Waals surface area contributed by atoms with Gasteiger partial charge in [-0.05, 0) is 39.1 Å². The summed E-state index contributed by atoms with van der Waals surface area (Å²) >= 11 is 0. The van der Waals surface area contributed by atoms with E-state index >= 15 is 0 Å². The predicted molar refractivity (Wildman–Crippen MR) is 154 cm³/mol. The standard InChI is InChI=1S/C32H24B2N2/c1-5-15-25(16-6-1)31-32(26-17-7-2-8-18-26)36-33(27-19-9-3-10-20-27)29-23-13-14-24-30(29)35(36)34(31)28-21-11-4-12-22-28/h1-24H. The lowest BCUT2D eigenvalue weighted by Gasteiger charge is -2.34. The molecule has 0 aliphatic carbocycles. The second-order valence-electron chi connectivity index (χ2n) is 9.37. The first-order chi connectivity index (χ1) is 17.9. The number of hydrogen-bond donors (Lipinski definition) is 0. The van der Waals surface area contributed by atoms with Gasteiger partial charge >= 0.3 is 13.7 Å². The fraction of sp³-hybridized carbons (Fsp3) is 0. The van der Waals surface area contributed by atoms with Crippen molar-refractivity contribution in [2.45, 2.75) is 0 Å². The zero-order valence-electron chi connectivity index (χ0n) is 19.9. The SMILES string of the molecule is c1ccc(B2c3ccccc3N3B(c4ccccc4)C(c4ccccc4)=C(c4ccccc4)N23)cc1. The molecular formula is C32H24B2N2. The molecule has 0 spiro atoms. The van der Waals surface area contributed by atoms with Gasteiger partial charge in [-0.2, -0.15) is 0 Å². The van der Waals surface area contributed by atoms with Gasteiger partial charge in [0.15, 0.2) is 0 Å². The highest BCUT2D eigenvalue weighted by atomic mass is 15.6. The van der Waals surface area contributed by atoms with Gasteiger partial charge < -0.3 is 9.84 Å². The quantitative estimate of drug-likeness (QED) is 0.356. The van der Waals surface area contributed by atoms with Crippen LogP contribution in [-0.2, 0) is 0 Å². The van der Waals surface area contributed by atoms with E-state index in [1.54, 1.807) is 0 Å². The van der Waals surface area contributed by atoms with Gasteiger partial charge in [0.25, 0.3) is 0 Å². The average molecular weight is 458 g/mol. The second kappa shape index (κ2) is 8.66. The van der Waals surface area contributed by atoms with Crippen molar-refractivity contribution in [3.63, 3.8) is 0 Å². The largest absolute Gasteiger partial charge is 0.347 e. The number of hydrogen-bond acceptors (Lipinski definition) is 2. The summed E-state index contributed by atoms with van der Waals surface area (Å²) in [5, 5.41) is 0. The number of para-hydroxylation sites is 1. The van der Waals surface area contributed by atoms with Gasteiger partial charge in [0.2, 0.25) is 0 Å². The van der Waals surface area contributed by atoms with Gasteiger partial charge in [-0.1, -0.05) is 140 Å². The summed E-state index contributed by atoms with van der Waals surface area (Å²) in [7, 11) is 0. The molecule has 2 aliphatic heterocycles. The Kier molecular flexibility index (Phi) is 5.03. The molecule has 0 fully saturated rings. The molecule has 7 rings (SSSR count). The van der Waals surface area contributed by atoms with Crippen LogP contribution in [0.25, 0.3) is 11.2 Å². The topological polar surface area (TPSA) is 6.48 Å². The minimum absolute atomic E-state index is 0.0543. The summed E-state index contributed by atoms with van der Waals surface area (Å²) < 4.78 is 0. The first kappa shape index (κ1) is 20.9. The normalized spacial score (nSPS) is 14.3. The van der Waals surface area contributed by atoms with Crippen molar-refractivity contribution in [2.75, 3.05) is 4.92 Å². The van der Waals surface area contributed by atoms with E-state index < -0.39 is 0 Å². The van der Waals surface area contributed by atoms with Crippen LogP contribution < -0.4 is 21.3 Å². The van der Waals surface area contributed by atoms with Gasteiger partial charge in [0.1, 0.15) is 0 Å². The van der Waals surface area contributed by atoms with Gasteiger partial charge in [0.05, 0.1) is 0 Å². The van der Waals surface area contributed by atoms with Crippen LogP contribution in [0.2, 0.25) is 0 Å². The van der Waals surface area contributed by atoms with Crippen molar-refractivity contribution < 1.29 is 0 Å². The molecule has 0 bridgehead atoms. The summed E-state index contributed by atoms with van der Waals surface area (Å²) in [6.07, 6.45) is 0. The van der Waals surface area contributed by atoms with Crippen molar-refractivity contribution in [1.29, 1.82) is 0 Å². The molecule has 0 saturated carbocycles. The van der Waals surface area contributed by atoms with Crippen LogP contribution in [0, 0.1) is 0 Å². The van der Waals surface area contributed by atoms with Crippen LogP contribution in [0.4, 0.5) is 5.69 Å². The first-order valence-corrected chi connectivity index (χ1v) is 12.5. The van der Waals surface area contributed by atoms with E-state index in [4.69, 9.17) is 0 Å². The number of hydrazine groups is 1. The molecular weight excluding hydrogens is 434 g/mol. The molecule has 2 nitrogen and oxygen atoms in total. The zero-order valence-corrected chi connectivity index (χ0v) is 19.9. The Balaban J connectivity index is 1.58. The fourth-order valence-corrected chi connectivity index (χ4v) is 5.87. The maximum Gasteiger partial charge on any atom is 0.347 e. The van der Waals surface area contributed by atoms with Crippen molar-refractivity contribution >= 4 is 46.9 Å². The fourth-order valence-electron chi connectivity index (χ4n) is 5.87. The lowest BCUT2D eigenvalue weighted by molar-refractivity contribution is 0.685. The van der Waals surface area contributed by atoms with Crippen LogP contribution in [-0.4, -0.2) is 18.6 Å². The smallest absolute Gasteiger partial charge is 0.329 e. The maximum absolute atomic E-state index is 2.55. The van der Waals surface area contributed by atoms with Crippen molar-refractivity contribution in [2.24, 2.45) is 0 Å². The molecule has 2 heterocycles. The Hall–Kier alpha value is -4.43. The molecule has 0 aromatic heterocycles. The van der Waals surface area contributed by atoms with E-state index in [2.05, 4.69) is 155 Å². The van der Waals surface area contributed by atoms with E-state index in [-0.39, 0.29) is 13.7 Å². The summed E-state index contributed by atoms with van der Waals surface area (Å²) in [5.41, 5.74) is 10.3. The summed E-state index contributed by atoms with van der Waals surface area (Å²) in [4.78, 5) is 5.09. The number of nitrogens with zero attached hydrogens (tertiary/aromatic N) is 2. The van der Waals surface area contributed by atoms with Crippen molar-refractivity contribution in [3.8, 4) is 0 Å². The van der Waals surface area contributed by atoms with Gasteiger partial charge in [-0.25, -0.2) is 0 Å². The second-order valence-corrected chi connectivity index (χ2v) is 9.37. The van der Waals surface area contributed by atoms with Crippen LogP contribution >= 0.6 is 0 Å². The first-order valence-electron chi connectivity index (χ1n) is 12.5. The molecule has 0 unspecified atom stereocenters. The van der Waals surface area contributed by atoms with Crippen LogP contribution in [0.5, 0.6) is 0 Å². The Morgan fingerprint density at radius 2 is 0.861 bits per heavy atom. The Bertz CT molecular complexity index is 1540. The van der Waals surface area contributed by atoms with Crippen LogP contribution in [0.15, 0.2) is 146 Å². The molecule has 36 heavy (non-hydrogen) atoms.